The first-order valence-electron chi connectivity index (χ1n) is 6.69. The minimum Gasteiger partial charge on any atom is -0.332 e. The highest BCUT2D eigenvalue weighted by Gasteiger charge is 2.22. The lowest BCUT2D eigenvalue weighted by Crippen LogP contribution is -2.43. The third-order valence-electron chi connectivity index (χ3n) is 3.57. The quantitative estimate of drug-likeness (QED) is 0.761. The summed E-state index contributed by atoms with van der Waals surface area (Å²) in [6.07, 6.45) is 5.29. The van der Waals surface area contributed by atoms with Crippen LogP contribution in [0.1, 0.15) is 11.6 Å². The molecule has 4 rings (SSSR count). The fourth-order valence-electron chi connectivity index (χ4n) is 2.15. The van der Waals surface area contributed by atoms with Crippen molar-refractivity contribution >= 4 is 0 Å². The minimum atomic E-state index is 0.356. The molecule has 0 atom stereocenters. The summed E-state index contributed by atoms with van der Waals surface area (Å²) >= 11 is 0. The molecule has 1 saturated heterocycles. The Morgan fingerprint density at radius 3 is 3.05 bits per heavy atom. The van der Waals surface area contributed by atoms with Crippen molar-refractivity contribution in [2.45, 2.75) is 13.0 Å². The Bertz CT molecular complexity index is 774. The van der Waals surface area contributed by atoms with E-state index in [1.165, 1.54) is 0 Å². The van der Waals surface area contributed by atoms with Crippen LogP contribution in [0.25, 0.3) is 23.0 Å². The fourth-order valence-corrected chi connectivity index (χ4v) is 2.15. The van der Waals surface area contributed by atoms with Crippen LogP contribution in [-0.2, 0) is 0 Å². The number of rotatable bonds is 3. The van der Waals surface area contributed by atoms with E-state index >= 15 is 0 Å². The van der Waals surface area contributed by atoms with Crippen molar-refractivity contribution in [2.75, 3.05) is 13.1 Å². The summed E-state index contributed by atoms with van der Waals surface area (Å²) in [5.74, 6) is 0.877. The van der Waals surface area contributed by atoms with Gasteiger partial charge >= 0.3 is 0 Å². The van der Waals surface area contributed by atoms with Gasteiger partial charge in [-0.2, -0.15) is 4.98 Å². The van der Waals surface area contributed by atoms with Crippen LogP contribution in [0.5, 0.6) is 0 Å². The lowest BCUT2D eigenvalue weighted by molar-refractivity contribution is 0.313. The maximum absolute atomic E-state index is 5.28. The second-order valence-electron chi connectivity index (χ2n) is 5.01. The van der Waals surface area contributed by atoms with E-state index in [0.29, 0.717) is 23.5 Å². The Kier molecular flexibility index (Phi) is 2.74. The molecule has 1 aliphatic rings. The zero-order valence-corrected chi connectivity index (χ0v) is 11.4. The van der Waals surface area contributed by atoms with Gasteiger partial charge in [0.2, 0.25) is 5.82 Å². The van der Waals surface area contributed by atoms with Crippen LogP contribution in [0.2, 0.25) is 0 Å². The van der Waals surface area contributed by atoms with Gasteiger partial charge in [0.05, 0.1) is 12.2 Å². The smallest absolute Gasteiger partial charge is 0.280 e. The second kappa shape index (κ2) is 4.74. The number of hydrogen-bond acceptors (Lipinski definition) is 7. The topological polar surface area (TPSA) is 94.6 Å². The predicted octanol–water partition coefficient (Wildman–Crippen LogP) is 0.843. The molecular weight excluding hydrogens is 270 g/mol. The molecule has 3 aromatic rings. The van der Waals surface area contributed by atoms with E-state index in [-0.39, 0.29) is 0 Å². The molecule has 106 valence electrons. The number of aryl methyl sites for hydroxylation is 1. The summed E-state index contributed by atoms with van der Waals surface area (Å²) in [7, 11) is 0. The van der Waals surface area contributed by atoms with E-state index < -0.39 is 0 Å². The highest BCUT2D eigenvalue weighted by molar-refractivity contribution is 5.59. The molecule has 21 heavy (non-hydrogen) atoms. The van der Waals surface area contributed by atoms with Gasteiger partial charge in [-0.3, -0.25) is 4.98 Å². The van der Waals surface area contributed by atoms with Crippen molar-refractivity contribution in [3.8, 4) is 23.0 Å². The van der Waals surface area contributed by atoms with Crippen LogP contribution < -0.4 is 5.32 Å². The second-order valence-corrected chi connectivity index (χ2v) is 5.01. The van der Waals surface area contributed by atoms with Crippen LogP contribution in [0.15, 0.2) is 29.2 Å². The Morgan fingerprint density at radius 2 is 2.29 bits per heavy atom. The van der Waals surface area contributed by atoms with E-state index in [0.717, 1.165) is 24.2 Å². The summed E-state index contributed by atoms with van der Waals surface area (Å²) < 4.78 is 7.11. The van der Waals surface area contributed by atoms with Crippen molar-refractivity contribution in [3.05, 3.63) is 30.2 Å². The summed E-state index contributed by atoms with van der Waals surface area (Å²) in [5, 5.41) is 15.4. The standard InChI is InChI=1S/C13H13N7O/c1-8-2-3-14-6-10(8)12-16-13(21-18-12)11-7-20(19-17-11)9-4-15-5-9/h2-3,6-7,9,15H,4-5H2,1H3. The molecule has 3 aromatic heterocycles. The molecule has 0 spiro atoms. The van der Waals surface area contributed by atoms with Gasteiger partial charge in [-0.1, -0.05) is 10.4 Å². The molecule has 0 radical (unpaired) electrons. The molecule has 0 bridgehead atoms. The SMILES string of the molecule is Cc1ccncc1-c1noc(-c2cn(C3CNC3)nn2)n1. The van der Waals surface area contributed by atoms with Gasteiger partial charge in [0.15, 0.2) is 5.69 Å². The molecule has 0 aliphatic carbocycles. The van der Waals surface area contributed by atoms with Gasteiger partial charge in [-0.25, -0.2) is 4.68 Å². The molecule has 0 amide bonds. The highest BCUT2D eigenvalue weighted by atomic mass is 16.5. The van der Waals surface area contributed by atoms with Gasteiger partial charge in [0, 0.05) is 31.0 Å². The fraction of sp³-hybridized carbons (Fsp3) is 0.308. The Labute approximate surface area is 120 Å². The maximum atomic E-state index is 5.28. The van der Waals surface area contributed by atoms with E-state index in [4.69, 9.17) is 4.52 Å². The van der Waals surface area contributed by atoms with Gasteiger partial charge in [-0.05, 0) is 18.6 Å². The van der Waals surface area contributed by atoms with Crippen molar-refractivity contribution in [1.82, 2.24) is 35.4 Å². The lowest BCUT2D eigenvalue weighted by Gasteiger charge is -2.26. The predicted molar refractivity (Wildman–Crippen MR) is 73.2 cm³/mol. The third-order valence-corrected chi connectivity index (χ3v) is 3.57. The molecule has 0 aromatic carbocycles. The summed E-state index contributed by atoms with van der Waals surface area (Å²) in [4.78, 5) is 8.47. The normalized spacial score (nSPS) is 15.1. The van der Waals surface area contributed by atoms with E-state index in [1.54, 1.807) is 12.4 Å². The van der Waals surface area contributed by atoms with Crippen molar-refractivity contribution in [3.63, 3.8) is 0 Å². The Morgan fingerprint density at radius 1 is 1.38 bits per heavy atom. The first-order valence-corrected chi connectivity index (χ1v) is 6.69. The molecule has 1 fully saturated rings. The molecule has 1 N–H and O–H groups in total. The van der Waals surface area contributed by atoms with Crippen LogP contribution in [-0.4, -0.2) is 43.2 Å². The first-order chi connectivity index (χ1) is 10.3. The molecule has 4 heterocycles. The monoisotopic (exact) mass is 283 g/mol. The van der Waals surface area contributed by atoms with E-state index in [9.17, 15) is 0 Å². The zero-order chi connectivity index (χ0) is 14.2. The highest BCUT2D eigenvalue weighted by Crippen LogP contribution is 2.23. The molecule has 1 aliphatic heterocycles. The molecule has 8 nitrogen and oxygen atoms in total. The molecule has 0 unspecified atom stereocenters. The van der Waals surface area contributed by atoms with Gasteiger partial charge < -0.3 is 9.84 Å². The first kappa shape index (κ1) is 12.2. The summed E-state index contributed by atoms with van der Waals surface area (Å²) in [5.41, 5.74) is 2.48. The number of nitrogens with zero attached hydrogens (tertiary/aromatic N) is 6. The number of aromatic nitrogens is 6. The Hall–Kier alpha value is -2.61. The molecule has 8 heteroatoms. The van der Waals surface area contributed by atoms with Crippen LogP contribution in [0.3, 0.4) is 0 Å². The van der Waals surface area contributed by atoms with Gasteiger partial charge in [0.25, 0.3) is 5.89 Å². The van der Waals surface area contributed by atoms with Gasteiger partial charge in [0.1, 0.15) is 0 Å². The third kappa shape index (κ3) is 2.09. The average molecular weight is 283 g/mol. The van der Waals surface area contributed by atoms with Crippen molar-refractivity contribution < 1.29 is 4.52 Å². The molecular formula is C13H13N7O. The summed E-state index contributed by atoms with van der Waals surface area (Å²) in [6.45, 7) is 3.80. The van der Waals surface area contributed by atoms with Crippen molar-refractivity contribution in [2.24, 2.45) is 0 Å². The van der Waals surface area contributed by atoms with Crippen LogP contribution >= 0.6 is 0 Å². The minimum absolute atomic E-state index is 0.356. The number of hydrogen-bond donors (Lipinski definition) is 1. The maximum Gasteiger partial charge on any atom is 0.280 e. The zero-order valence-electron chi connectivity index (χ0n) is 11.4. The Balaban J connectivity index is 1.65. The van der Waals surface area contributed by atoms with Crippen molar-refractivity contribution in [1.29, 1.82) is 0 Å². The van der Waals surface area contributed by atoms with Crippen LogP contribution in [0.4, 0.5) is 0 Å². The largest absolute Gasteiger partial charge is 0.332 e. The number of nitrogens with one attached hydrogen (secondary N) is 1. The summed E-state index contributed by atoms with van der Waals surface area (Å²) in [6, 6.07) is 2.26. The van der Waals surface area contributed by atoms with Gasteiger partial charge in [-0.15, -0.1) is 5.10 Å². The van der Waals surface area contributed by atoms with E-state index in [1.807, 2.05) is 23.9 Å². The number of pyridine rings is 1. The van der Waals surface area contributed by atoms with Crippen LogP contribution in [0, 0.1) is 6.92 Å². The lowest BCUT2D eigenvalue weighted by atomic mass is 10.1. The molecule has 0 saturated carbocycles. The average Bonchev–Trinajstić information content (AvgIpc) is 3.06. The van der Waals surface area contributed by atoms with E-state index in [2.05, 4.69) is 30.8 Å².